The summed E-state index contributed by atoms with van der Waals surface area (Å²) in [5.41, 5.74) is 2.12. The van der Waals surface area contributed by atoms with E-state index < -0.39 is 5.97 Å². The molecule has 6 nitrogen and oxygen atoms in total. The van der Waals surface area contributed by atoms with Crippen molar-refractivity contribution in [1.29, 1.82) is 0 Å². The van der Waals surface area contributed by atoms with Crippen LogP contribution < -0.4 is 0 Å². The molecule has 0 radical (unpaired) electrons. The molecule has 1 N–H and O–H groups in total. The molecule has 3 rings (SSSR count). The lowest BCUT2D eigenvalue weighted by atomic mass is 9.96. The Balaban J connectivity index is 1.91. The number of carbonyl (C=O) groups is 2. The van der Waals surface area contributed by atoms with Gasteiger partial charge >= 0.3 is 5.97 Å². The first-order valence-corrected chi connectivity index (χ1v) is 8.72. The van der Waals surface area contributed by atoms with Crippen molar-refractivity contribution in [3.05, 3.63) is 38.7 Å². The van der Waals surface area contributed by atoms with E-state index in [0.29, 0.717) is 11.1 Å². The fourth-order valence-corrected chi connectivity index (χ4v) is 4.41. The van der Waals surface area contributed by atoms with Crippen LogP contribution in [0.4, 0.5) is 0 Å². The van der Waals surface area contributed by atoms with E-state index in [1.54, 1.807) is 30.2 Å². The van der Waals surface area contributed by atoms with Crippen molar-refractivity contribution in [3.63, 3.8) is 0 Å². The summed E-state index contributed by atoms with van der Waals surface area (Å²) < 4.78 is 5.30. The second-order valence-electron chi connectivity index (χ2n) is 6.16. The Bertz CT molecular complexity index is 793. The van der Waals surface area contributed by atoms with Crippen molar-refractivity contribution < 1.29 is 19.1 Å². The summed E-state index contributed by atoms with van der Waals surface area (Å²) in [6.45, 7) is 3.74. The molecule has 0 unspecified atom stereocenters. The third-order valence-electron chi connectivity index (χ3n) is 4.39. The van der Waals surface area contributed by atoms with Gasteiger partial charge in [0.1, 0.15) is 12.2 Å². The van der Waals surface area contributed by atoms with Crippen molar-refractivity contribution in [2.75, 3.05) is 7.05 Å². The number of aliphatic carboxylic acids is 1. The fourth-order valence-electron chi connectivity index (χ4n) is 3.26. The third-order valence-corrected chi connectivity index (χ3v) is 5.51. The van der Waals surface area contributed by atoms with Gasteiger partial charge in [0.15, 0.2) is 0 Å². The van der Waals surface area contributed by atoms with Gasteiger partial charge in [0.2, 0.25) is 0 Å². The van der Waals surface area contributed by atoms with Gasteiger partial charge in [-0.15, -0.1) is 11.3 Å². The molecule has 0 spiro atoms. The van der Waals surface area contributed by atoms with Gasteiger partial charge in [0, 0.05) is 12.6 Å². The summed E-state index contributed by atoms with van der Waals surface area (Å²) in [6, 6.07) is -0.0144. The highest BCUT2D eigenvalue weighted by molar-refractivity contribution is 7.11. The summed E-state index contributed by atoms with van der Waals surface area (Å²) in [6.07, 6.45) is 3.99. The van der Waals surface area contributed by atoms with E-state index in [4.69, 9.17) is 9.52 Å². The first kappa shape index (κ1) is 16.7. The molecule has 7 heteroatoms. The van der Waals surface area contributed by atoms with E-state index in [0.717, 1.165) is 34.8 Å². The number of furan rings is 1. The molecule has 0 aliphatic heterocycles. The summed E-state index contributed by atoms with van der Waals surface area (Å²) in [7, 11) is 1.77. The average Bonchev–Trinajstić information content (AvgIpc) is 3.07. The number of rotatable bonds is 4. The number of thiazole rings is 1. The van der Waals surface area contributed by atoms with Crippen LogP contribution in [-0.2, 0) is 17.6 Å². The van der Waals surface area contributed by atoms with Gasteiger partial charge in [-0.3, -0.25) is 9.59 Å². The Morgan fingerprint density at radius 3 is 2.92 bits per heavy atom. The van der Waals surface area contributed by atoms with E-state index in [9.17, 15) is 9.59 Å². The molecular weight excluding hydrogens is 328 g/mol. The molecule has 0 aromatic carbocycles. The van der Waals surface area contributed by atoms with Crippen LogP contribution in [0, 0.1) is 13.8 Å². The van der Waals surface area contributed by atoms with Crippen LogP contribution in [0.15, 0.2) is 10.7 Å². The predicted molar refractivity (Wildman–Crippen MR) is 89.4 cm³/mol. The van der Waals surface area contributed by atoms with Crippen molar-refractivity contribution in [2.24, 2.45) is 0 Å². The third kappa shape index (κ3) is 2.96. The number of aryl methyl sites for hydroxylation is 3. The van der Waals surface area contributed by atoms with Crippen LogP contribution >= 0.6 is 11.3 Å². The van der Waals surface area contributed by atoms with E-state index in [1.165, 1.54) is 6.26 Å². The largest absolute Gasteiger partial charge is 0.481 e. The minimum absolute atomic E-state index is 0.0144. The maximum Gasteiger partial charge on any atom is 0.311 e. The fraction of sp³-hybridized carbons (Fsp3) is 0.471. The first-order chi connectivity index (χ1) is 11.4. The number of hydrogen-bond acceptors (Lipinski definition) is 5. The van der Waals surface area contributed by atoms with Crippen molar-refractivity contribution >= 4 is 23.2 Å². The van der Waals surface area contributed by atoms with Crippen LogP contribution in [0.1, 0.15) is 56.1 Å². The molecule has 2 aromatic heterocycles. The number of carboxylic acid groups (broad SMARTS) is 1. The first-order valence-electron chi connectivity index (χ1n) is 7.90. The molecule has 1 amide bonds. The molecule has 1 atom stereocenters. The Hall–Kier alpha value is -2.15. The van der Waals surface area contributed by atoms with Crippen molar-refractivity contribution in [2.45, 2.75) is 45.6 Å². The number of hydrogen-bond donors (Lipinski definition) is 1. The Morgan fingerprint density at radius 2 is 2.21 bits per heavy atom. The minimum Gasteiger partial charge on any atom is -0.481 e. The number of nitrogens with zero attached hydrogens (tertiary/aromatic N) is 2. The monoisotopic (exact) mass is 348 g/mol. The van der Waals surface area contributed by atoms with Crippen LogP contribution in [0.5, 0.6) is 0 Å². The summed E-state index contributed by atoms with van der Waals surface area (Å²) >= 11 is 1.64. The Labute approximate surface area is 144 Å². The number of fused-ring (bicyclic) bond motifs is 1. The number of aromatic nitrogens is 1. The lowest BCUT2D eigenvalue weighted by molar-refractivity contribution is -0.136. The standard InChI is InChI=1S/C17H20N2O4S/c1-9-8-23-13(7-14(20)21)15(9)17(22)19(3)12-6-4-5-11-16(12)24-10(2)18-11/h8,12H,4-7H2,1-3H3,(H,20,21)/t12-/m0/s1. The van der Waals surface area contributed by atoms with Crippen LogP contribution in [0.2, 0.25) is 0 Å². The Kier molecular flexibility index (Phi) is 4.45. The topological polar surface area (TPSA) is 83.6 Å². The summed E-state index contributed by atoms with van der Waals surface area (Å²) in [5, 5.41) is 10.0. The second-order valence-corrected chi connectivity index (χ2v) is 7.39. The van der Waals surface area contributed by atoms with Gasteiger partial charge in [0.25, 0.3) is 5.91 Å². The molecule has 1 aliphatic rings. The van der Waals surface area contributed by atoms with Crippen molar-refractivity contribution in [1.82, 2.24) is 9.88 Å². The lowest BCUT2D eigenvalue weighted by Gasteiger charge is -2.30. The SMILES string of the molecule is Cc1nc2c(s1)[C@@H](N(C)C(=O)c1c(C)coc1CC(=O)O)CCC2. The van der Waals surface area contributed by atoms with Crippen molar-refractivity contribution in [3.8, 4) is 0 Å². The quantitative estimate of drug-likeness (QED) is 0.918. The highest BCUT2D eigenvalue weighted by Gasteiger charge is 2.32. The number of carbonyl (C=O) groups excluding carboxylic acids is 1. The van der Waals surface area contributed by atoms with E-state index in [1.807, 2.05) is 6.92 Å². The van der Waals surface area contributed by atoms with E-state index in [2.05, 4.69) is 4.98 Å². The molecule has 0 fully saturated rings. The maximum absolute atomic E-state index is 13.0. The highest BCUT2D eigenvalue weighted by atomic mass is 32.1. The van der Waals surface area contributed by atoms with Gasteiger partial charge in [0.05, 0.1) is 33.4 Å². The molecule has 24 heavy (non-hydrogen) atoms. The van der Waals surface area contributed by atoms with Gasteiger partial charge in [-0.1, -0.05) is 0 Å². The zero-order chi connectivity index (χ0) is 17.4. The van der Waals surface area contributed by atoms with Gasteiger partial charge in [-0.25, -0.2) is 4.98 Å². The zero-order valence-corrected chi connectivity index (χ0v) is 14.8. The van der Waals surface area contributed by atoms with Gasteiger partial charge < -0.3 is 14.4 Å². The molecule has 0 saturated carbocycles. The molecule has 1 aliphatic carbocycles. The van der Waals surface area contributed by atoms with E-state index >= 15 is 0 Å². The molecule has 0 saturated heterocycles. The average molecular weight is 348 g/mol. The van der Waals surface area contributed by atoms with Crippen LogP contribution in [0.25, 0.3) is 0 Å². The Morgan fingerprint density at radius 1 is 1.46 bits per heavy atom. The zero-order valence-electron chi connectivity index (χ0n) is 14.0. The second kappa shape index (κ2) is 6.39. The molecule has 2 aromatic rings. The highest BCUT2D eigenvalue weighted by Crippen LogP contribution is 2.38. The van der Waals surface area contributed by atoms with Crippen LogP contribution in [-0.4, -0.2) is 33.9 Å². The smallest absolute Gasteiger partial charge is 0.311 e. The van der Waals surface area contributed by atoms with Gasteiger partial charge in [-0.05, 0) is 33.1 Å². The molecular formula is C17H20N2O4S. The predicted octanol–water partition coefficient (Wildman–Crippen LogP) is 3.13. The number of carboxylic acids is 1. The molecule has 128 valence electrons. The van der Waals surface area contributed by atoms with Gasteiger partial charge in [-0.2, -0.15) is 0 Å². The number of amides is 1. The summed E-state index contributed by atoms with van der Waals surface area (Å²) in [5.74, 6) is -0.992. The maximum atomic E-state index is 13.0. The van der Waals surface area contributed by atoms with E-state index in [-0.39, 0.29) is 24.1 Å². The minimum atomic E-state index is -1.01. The van der Waals surface area contributed by atoms with Crippen LogP contribution in [0.3, 0.4) is 0 Å². The lowest BCUT2D eigenvalue weighted by Crippen LogP contribution is -2.33. The molecule has 2 heterocycles. The summed E-state index contributed by atoms with van der Waals surface area (Å²) in [4.78, 5) is 31.4. The normalized spacial score (nSPS) is 16.7. The molecule has 0 bridgehead atoms.